The molecule has 3 unspecified atom stereocenters. The maximum atomic E-state index is 6.11. The summed E-state index contributed by atoms with van der Waals surface area (Å²) in [5.74, 6) is 0.531. The number of hydrogen-bond donors (Lipinski definition) is 1. The molecule has 1 aliphatic rings. The van der Waals surface area contributed by atoms with E-state index in [2.05, 4.69) is 20.4 Å². The minimum atomic E-state index is 0.241. The molecule has 0 aromatic carbocycles. The Labute approximate surface area is 81.1 Å². The lowest BCUT2D eigenvalue weighted by Gasteiger charge is -2.22. The fraction of sp³-hybridized carbons (Fsp3) is 0.818. The molecule has 0 saturated carbocycles. The molecular weight excluding hydrogens is 162 g/mol. The molecule has 1 aliphatic heterocycles. The molecule has 2 N–H and O–H groups in total. The molecule has 0 aromatic heterocycles. The van der Waals surface area contributed by atoms with Crippen molar-refractivity contribution in [3.8, 4) is 0 Å². The summed E-state index contributed by atoms with van der Waals surface area (Å²) in [6, 6.07) is 0.241. The second-order valence-electron chi connectivity index (χ2n) is 4.00. The van der Waals surface area contributed by atoms with Crippen molar-refractivity contribution in [3.05, 3.63) is 12.2 Å². The zero-order valence-corrected chi connectivity index (χ0v) is 8.75. The Hall–Kier alpha value is -0.340. The molecule has 2 nitrogen and oxygen atoms in total. The average molecular weight is 183 g/mol. The molecule has 0 bridgehead atoms. The first-order valence-electron chi connectivity index (χ1n) is 5.19. The largest absolute Gasteiger partial charge is 0.378 e. The Kier molecular flexibility index (Phi) is 3.94. The van der Waals surface area contributed by atoms with Crippen LogP contribution in [0.5, 0.6) is 0 Å². The summed E-state index contributed by atoms with van der Waals surface area (Å²) in [7, 11) is 0. The van der Waals surface area contributed by atoms with E-state index in [0.717, 1.165) is 25.9 Å². The van der Waals surface area contributed by atoms with Crippen LogP contribution < -0.4 is 5.73 Å². The quantitative estimate of drug-likeness (QED) is 0.677. The van der Waals surface area contributed by atoms with Crippen molar-refractivity contribution in [2.75, 3.05) is 6.61 Å². The minimum absolute atomic E-state index is 0.241. The Morgan fingerprint density at radius 1 is 1.69 bits per heavy atom. The standard InChI is InChI=1S/C11H21NO/c1-4-8(2)7-11(12)10-5-6-13-9(10)3/h9-11H,2,4-7,12H2,1,3H3. The van der Waals surface area contributed by atoms with Crippen molar-refractivity contribution in [2.45, 2.75) is 45.3 Å². The molecule has 1 heterocycles. The van der Waals surface area contributed by atoms with E-state index in [0.29, 0.717) is 12.0 Å². The molecule has 0 radical (unpaired) electrons. The molecule has 0 amide bonds. The van der Waals surface area contributed by atoms with Gasteiger partial charge in [0.2, 0.25) is 0 Å². The van der Waals surface area contributed by atoms with Crippen molar-refractivity contribution in [1.82, 2.24) is 0 Å². The second kappa shape index (κ2) is 4.77. The lowest BCUT2D eigenvalue weighted by atomic mass is 9.89. The van der Waals surface area contributed by atoms with Crippen LogP contribution in [0, 0.1) is 5.92 Å². The lowest BCUT2D eigenvalue weighted by molar-refractivity contribution is 0.0994. The first-order valence-corrected chi connectivity index (χ1v) is 5.19. The van der Waals surface area contributed by atoms with Crippen LogP contribution in [-0.2, 0) is 4.74 Å². The number of rotatable bonds is 4. The average Bonchev–Trinajstić information content (AvgIpc) is 2.51. The summed E-state index contributed by atoms with van der Waals surface area (Å²) in [5, 5.41) is 0. The minimum Gasteiger partial charge on any atom is -0.378 e. The van der Waals surface area contributed by atoms with E-state index >= 15 is 0 Å². The van der Waals surface area contributed by atoms with Gasteiger partial charge in [-0.2, -0.15) is 0 Å². The predicted molar refractivity (Wildman–Crippen MR) is 55.5 cm³/mol. The van der Waals surface area contributed by atoms with Crippen molar-refractivity contribution in [1.29, 1.82) is 0 Å². The molecule has 0 aliphatic carbocycles. The van der Waals surface area contributed by atoms with Gasteiger partial charge in [-0.05, 0) is 26.2 Å². The number of ether oxygens (including phenoxy) is 1. The maximum Gasteiger partial charge on any atom is 0.0590 e. The van der Waals surface area contributed by atoms with Gasteiger partial charge in [0.25, 0.3) is 0 Å². The molecule has 0 aromatic rings. The fourth-order valence-electron chi connectivity index (χ4n) is 1.94. The third-order valence-corrected chi connectivity index (χ3v) is 3.01. The molecule has 3 atom stereocenters. The molecule has 1 saturated heterocycles. The second-order valence-corrected chi connectivity index (χ2v) is 4.00. The van der Waals surface area contributed by atoms with Crippen LogP contribution in [0.15, 0.2) is 12.2 Å². The lowest BCUT2D eigenvalue weighted by Crippen LogP contribution is -2.34. The van der Waals surface area contributed by atoms with Gasteiger partial charge in [-0.15, -0.1) is 0 Å². The van der Waals surface area contributed by atoms with E-state index < -0.39 is 0 Å². The van der Waals surface area contributed by atoms with Gasteiger partial charge in [0, 0.05) is 18.6 Å². The number of hydrogen-bond acceptors (Lipinski definition) is 2. The Morgan fingerprint density at radius 2 is 2.38 bits per heavy atom. The highest BCUT2D eigenvalue weighted by Crippen LogP contribution is 2.26. The van der Waals surface area contributed by atoms with Gasteiger partial charge >= 0.3 is 0 Å². The van der Waals surface area contributed by atoms with Gasteiger partial charge in [-0.25, -0.2) is 0 Å². The third kappa shape index (κ3) is 2.82. The van der Waals surface area contributed by atoms with Gasteiger partial charge in [0.05, 0.1) is 6.10 Å². The summed E-state index contributed by atoms with van der Waals surface area (Å²) < 4.78 is 5.49. The molecule has 1 rings (SSSR count). The van der Waals surface area contributed by atoms with E-state index in [4.69, 9.17) is 10.5 Å². The highest BCUT2D eigenvalue weighted by atomic mass is 16.5. The first kappa shape index (κ1) is 10.7. The van der Waals surface area contributed by atoms with Crippen molar-refractivity contribution >= 4 is 0 Å². The summed E-state index contributed by atoms with van der Waals surface area (Å²) in [5.41, 5.74) is 7.36. The predicted octanol–water partition coefficient (Wildman–Crippen LogP) is 2.10. The molecule has 13 heavy (non-hydrogen) atoms. The van der Waals surface area contributed by atoms with Gasteiger partial charge in [-0.1, -0.05) is 19.1 Å². The zero-order valence-electron chi connectivity index (χ0n) is 8.75. The van der Waals surface area contributed by atoms with Crippen LogP contribution in [0.25, 0.3) is 0 Å². The van der Waals surface area contributed by atoms with E-state index in [1.54, 1.807) is 0 Å². The van der Waals surface area contributed by atoms with Gasteiger partial charge in [0.1, 0.15) is 0 Å². The van der Waals surface area contributed by atoms with Crippen LogP contribution in [0.4, 0.5) is 0 Å². The van der Waals surface area contributed by atoms with E-state index in [-0.39, 0.29) is 6.04 Å². The molecule has 1 fully saturated rings. The Bertz CT molecular complexity index is 179. The highest BCUT2D eigenvalue weighted by molar-refractivity contribution is 4.98. The van der Waals surface area contributed by atoms with Crippen LogP contribution >= 0.6 is 0 Å². The fourth-order valence-corrected chi connectivity index (χ4v) is 1.94. The SMILES string of the molecule is C=C(CC)CC(N)C1CCOC1C. The van der Waals surface area contributed by atoms with Gasteiger partial charge < -0.3 is 10.5 Å². The molecule has 0 spiro atoms. The van der Waals surface area contributed by atoms with Crippen LogP contribution in [0.1, 0.15) is 33.1 Å². The van der Waals surface area contributed by atoms with E-state index in [1.807, 2.05) is 0 Å². The smallest absolute Gasteiger partial charge is 0.0590 e. The van der Waals surface area contributed by atoms with Crippen molar-refractivity contribution in [2.24, 2.45) is 11.7 Å². The van der Waals surface area contributed by atoms with E-state index in [1.165, 1.54) is 5.57 Å². The summed E-state index contributed by atoms with van der Waals surface area (Å²) in [4.78, 5) is 0. The first-order chi connectivity index (χ1) is 6.15. The summed E-state index contributed by atoms with van der Waals surface area (Å²) in [6.07, 6.45) is 3.43. The molecular formula is C11H21NO. The van der Waals surface area contributed by atoms with Crippen molar-refractivity contribution in [3.63, 3.8) is 0 Å². The monoisotopic (exact) mass is 183 g/mol. The third-order valence-electron chi connectivity index (χ3n) is 3.01. The number of nitrogens with two attached hydrogens (primary N) is 1. The zero-order chi connectivity index (χ0) is 9.84. The normalized spacial score (nSPS) is 30.4. The summed E-state index contributed by atoms with van der Waals surface area (Å²) in [6.45, 7) is 9.11. The van der Waals surface area contributed by atoms with Crippen LogP contribution in [-0.4, -0.2) is 18.8 Å². The van der Waals surface area contributed by atoms with Crippen LogP contribution in [0.3, 0.4) is 0 Å². The van der Waals surface area contributed by atoms with Crippen LogP contribution in [0.2, 0.25) is 0 Å². The van der Waals surface area contributed by atoms with Crippen molar-refractivity contribution < 1.29 is 4.74 Å². The molecule has 76 valence electrons. The topological polar surface area (TPSA) is 35.2 Å². The Morgan fingerprint density at radius 3 is 2.85 bits per heavy atom. The van der Waals surface area contributed by atoms with Gasteiger partial charge in [-0.3, -0.25) is 0 Å². The highest BCUT2D eigenvalue weighted by Gasteiger charge is 2.29. The van der Waals surface area contributed by atoms with E-state index in [9.17, 15) is 0 Å². The summed E-state index contributed by atoms with van der Waals surface area (Å²) >= 11 is 0. The molecule has 2 heteroatoms. The maximum absolute atomic E-state index is 6.11. The van der Waals surface area contributed by atoms with Gasteiger partial charge in [0.15, 0.2) is 0 Å². The Balaban J connectivity index is 2.38.